The minimum atomic E-state index is -0.250. The highest BCUT2D eigenvalue weighted by molar-refractivity contribution is 5.39. The molecule has 0 saturated carbocycles. The van der Waals surface area contributed by atoms with Crippen molar-refractivity contribution in [1.82, 2.24) is 0 Å². The number of hydrogen-bond donors (Lipinski definition) is 3. The molecule has 4 nitrogen and oxygen atoms in total. The van der Waals surface area contributed by atoms with Gasteiger partial charge in [0.05, 0.1) is 0 Å². The maximum absolute atomic E-state index is 8.36. The Hall–Kier alpha value is -2.49. The average Bonchev–Trinajstić information content (AvgIpc) is 2.52. The van der Waals surface area contributed by atoms with Gasteiger partial charge in [0, 0.05) is 11.4 Å². The van der Waals surface area contributed by atoms with Gasteiger partial charge in [-0.3, -0.25) is 4.79 Å². The van der Waals surface area contributed by atoms with Crippen LogP contribution in [0.4, 0.5) is 11.4 Å². The number of rotatable bonds is 1. The standard InChI is InChI=1S/C8H11N.C6H7N.C2H6.CH2O2/c1-2-7-3-5-8(9)6-4-7;7-6-4-2-1-3-5-6;1-2;2-1-3/h3-6H,2,9H2,1H3;1-5H,7H2;1-2H3;1H,(H,2,3). The molecular weight excluding hydrogens is 264 g/mol. The third kappa shape index (κ3) is 13.7. The van der Waals surface area contributed by atoms with Crippen molar-refractivity contribution in [3.8, 4) is 0 Å². The summed E-state index contributed by atoms with van der Waals surface area (Å²) in [6, 6.07) is 17.4. The van der Waals surface area contributed by atoms with Crippen molar-refractivity contribution >= 4 is 17.8 Å². The first-order valence-electron chi connectivity index (χ1n) is 6.86. The summed E-state index contributed by atoms with van der Waals surface area (Å²) in [7, 11) is 0. The largest absolute Gasteiger partial charge is 0.483 e. The molecule has 0 bridgehead atoms. The minimum absolute atomic E-state index is 0.250. The molecule has 0 amide bonds. The van der Waals surface area contributed by atoms with Crippen LogP contribution < -0.4 is 11.5 Å². The Labute approximate surface area is 127 Å². The van der Waals surface area contributed by atoms with E-state index < -0.39 is 0 Å². The first kappa shape index (κ1) is 20.8. The van der Waals surface area contributed by atoms with E-state index in [2.05, 4.69) is 19.1 Å². The van der Waals surface area contributed by atoms with Crippen LogP contribution in [0.5, 0.6) is 0 Å². The van der Waals surface area contributed by atoms with E-state index in [9.17, 15) is 0 Å². The molecule has 116 valence electrons. The van der Waals surface area contributed by atoms with E-state index in [0.717, 1.165) is 17.8 Å². The molecule has 0 aliphatic heterocycles. The molecule has 0 heterocycles. The van der Waals surface area contributed by atoms with E-state index >= 15 is 0 Å². The third-order valence-corrected chi connectivity index (χ3v) is 2.19. The lowest BCUT2D eigenvalue weighted by Crippen LogP contribution is -1.84. The average molecular weight is 290 g/mol. The molecular formula is C17H26N2O2. The molecule has 0 spiro atoms. The third-order valence-electron chi connectivity index (χ3n) is 2.19. The summed E-state index contributed by atoms with van der Waals surface area (Å²) in [6.07, 6.45) is 1.08. The topological polar surface area (TPSA) is 89.3 Å². The zero-order chi connectivity index (χ0) is 16.5. The van der Waals surface area contributed by atoms with Crippen LogP contribution in [0.15, 0.2) is 54.6 Å². The van der Waals surface area contributed by atoms with Gasteiger partial charge in [-0.1, -0.05) is 51.1 Å². The predicted octanol–water partition coefficient (Wildman–Crippen LogP) is 3.83. The highest BCUT2D eigenvalue weighted by atomic mass is 16.3. The molecule has 0 unspecified atom stereocenters. The lowest BCUT2D eigenvalue weighted by Gasteiger charge is -1.94. The van der Waals surface area contributed by atoms with Crippen LogP contribution in [-0.2, 0) is 11.2 Å². The number of nitrogens with two attached hydrogens (primary N) is 2. The van der Waals surface area contributed by atoms with E-state index in [1.54, 1.807) is 0 Å². The van der Waals surface area contributed by atoms with Crippen molar-refractivity contribution in [2.45, 2.75) is 27.2 Å². The second-order valence-electron chi connectivity index (χ2n) is 3.61. The Balaban J connectivity index is 0. The van der Waals surface area contributed by atoms with Crippen LogP contribution in [-0.4, -0.2) is 11.6 Å². The molecule has 4 heteroatoms. The zero-order valence-electron chi connectivity index (χ0n) is 13.0. The summed E-state index contributed by atoms with van der Waals surface area (Å²) in [5, 5.41) is 6.89. The SMILES string of the molecule is CC.CCc1ccc(N)cc1.Nc1ccccc1.O=CO. The number of carbonyl (C=O) groups is 1. The first-order chi connectivity index (χ1) is 10.1. The van der Waals surface area contributed by atoms with Gasteiger partial charge in [0.15, 0.2) is 0 Å². The second-order valence-corrected chi connectivity index (χ2v) is 3.61. The van der Waals surface area contributed by atoms with Gasteiger partial charge in [-0.15, -0.1) is 0 Å². The Kier molecular flexibility index (Phi) is 15.4. The molecule has 2 aromatic carbocycles. The van der Waals surface area contributed by atoms with Crippen LogP contribution in [0.3, 0.4) is 0 Å². The summed E-state index contributed by atoms with van der Waals surface area (Å²) in [5.41, 5.74) is 13.8. The van der Waals surface area contributed by atoms with Gasteiger partial charge in [0.1, 0.15) is 0 Å². The van der Waals surface area contributed by atoms with Crippen molar-refractivity contribution in [3.05, 3.63) is 60.2 Å². The number of para-hydroxylation sites is 1. The van der Waals surface area contributed by atoms with Crippen LogP contribution in [0.1, 0.15) is 26.3 Å². The van der Waals surface area contributed by atoms with E-state index in [0.29, 0.717) is 0 Å². The maximum Gasteiger partial charge on any atom is 0.290 e. The van der Waals surface area contributed by atoms with E-state index in [4.69, 9.17) is 21.4 Å². The van der Waals surface area contributed by atoms with Crippen molar-refractivity contribution in [2.24, 2.45) is 0 Å². The fourth-order valence-electron chi connectivity index (χ4n) is 1.21. The maximum atomic E-state index is 8.36. The molecule has 0 aliphatic rings. The van der Waals surface area contributed by atoms with Crippen LogP contribution >= 0.6 is 0 Å². The molecule has 0 aromatic heterocycles. The summed E-state index contributed by atoms with van der Waals surface area (Å²) in [4.78, 5) is 8.36. The van der Waals surface area contributed by atoms with Gasteiger partial charge in [-0.05, 0) is 36.2 Å². The normalized spacial score (nSPS) is 7.76. The van der Waals surface area contributed by atoms with E-state index in [1.165, 1.54) is 5.56 Å². The summed E-state index contributed by atoms with van der Waals surface area (Å²) in [5.74, 6) is 0. The lowest BCUT2D eigenvalue weighted by atomic mass is 10.2. The van der Waals surface area contributed by atoms with E-state index in [1.807, 2.05) is 56.3 Å². The predicted molar refractivity (Wildman–Crippen MR) is 91.1 cm³/mol. The highest BCUT2D eigenvalue weighted by Gasteiger charge is 1.85. The fourth-order valence-corrected chi connectivity index (χ4v) is 1.21. The Morgan fingerprint density at radius 1 is 0.905 bits per heavy atom. The summed E-state index contributed by atoms with van der Waals surface area (Å²) >= 11 is 0. The highest BCUT2D eigenvalue weighted by Crippen LogP contribution is 2.04. The van der Waals surface area contributed by atoms with Crippen molar-refractivity contribution in [1.29, 1.82) is 0 Å². The molecule has 2 rings (SSSR count). The Morgan fingerprint density at radius 2 is 1.29 bits per heavy atom. The molecule has 0 fully saturated rings. The first-order valence-corrected chi connectivity index (χ1v) is 6.86. The molecule has 21 heavy (non-hydrogen) atoms. The Morgan fingerprint density at radius 3 is 1.57 bits per heavy atom. The number of anilines is 2. The number of benzene rings is 2. The summed E-state index contributed by atoms with van der Waals surface area (Å²) in [6.45, 7) is 5.88. The number of hydrogen-bond acceptors (Lipinski definition) is 3. The fraction of sp³-hybridized carbons (Fsp3) is 0.235. The smallest absolute Gasteiger partial charge is 0.290 e. The van der Waals surface area contributed by atoms with Crippen molar-refractivity contribution in [2.75, 3.05) is 11.5 Å². The lowest BCUT2D eigenvalue weighted by molar-refractivity contribution is -0.122. The molecule has 2 aromatic rings. The van der Waals surface area contributed by atoms with Gasteiger partial charge in [0.2, 0.25) is 0 Å². The van der Waals surface area contributed by atoms with Gasteiger partial charge in [0.25, 0.3) is 6.47 Å². The van der Waals surface area contributed by atoms with Crippen LogP contribution in [0.25, 0.3) is 0 Å². The monoisotopic (exact) mass is 290 g/mol. The number of carboxylic acid groups (broad SMARTS) is 1. The summed E-state index contributed by atoms with van der Waals surface area (Å²) < 4.78 is 0. The van der Waals surface area contributed by atoms with Crippen LogP contribution in [0, 0.1) is 0 Å². The second kappa shape index (κ2) is 15.6. The zero-order valence-corrected chi connectivity index (χ0v) is 13.0. The molecule has 0 saturated heterocycles. The molecule has 0 atom stereocenters. The Bertz CT molecular complexity index is 442. The minimum Gasteiger partial charge on any atom is -0.483 e. The molecule has 0 aliphatic carbocycles. The molecule has 0 radical (unpaired) electrons. The van der Waals surface area contributed by atoms with Crippen molar-refractivity contribution in [3.63, 3.8) is 0 Å². The quantitative estimate of drug-likeness (QED) is 0.550. The van der Waals surface area contributed by atoms with Gasteiger partial charge >= 0.3 is 0 Å². The number of nitrogen functional groups attached to an aromatic ring is 2. The van der Waals surface area contributed by atoms with Crippen LogP contribution in [0.2, 0.25) is 0 Å². The van der Waals surface area contributed by atoms with E-state index in [-0.39, 0.29) is 6.47 Å². The number of aryl methyl sites for hydroxylation is 1. The van der Waals surface area contributed by atoms with Gasteiger partial charge in [-0.2, -0.15) is 0 Å². The van der Waals surface area contributed by atoms with Gasteiger partial charge in [-0.25, -0.2) is 0 Å². The van der Waals surface area contributed by atoms with Gasteiger partial charge < -0.3 is 16.6 Å². The molecule has 5 N–H and O–H groups in total. The van der Waals surface area contributed by atoms with Crippen molar-refractivity contribution < 1.29 is 9.90 Å².